The minimum atomic E-state index is -0.0698. The summed E-state index contributed by atoms with van der Waals surface area (Å²) in [6.45, 7) is 0.709. The van der Waals surface area contributed by atoms with E-state index in [9.17, 15) is 10.1 Å². The number of nitrogens with zero attached hydrogens (tertiary/aromatic N) is 2. The van der Waals surface area contributed by atoms with Gasteiger partial charge in [-0.05, 0) is 49.1 Å². The predicted octanol–water partition coefficient (Wildman–Crippen LogP) is 3.93. The normalized spacial score (nSPS) is 17.2. The maximum atomic E-state index is 13.1. The Morgan fingerprint density at radius 3 is 2.83 bits per heavy atom. The average molecular weight is 320 g/mol. The number of piperidine rings is 1. The van der Waals surface area contributed by atoms with Crippen LogP contribution in [0.5, 0.6) is 5.75 Å². The molecule has 3 rings (SSSR count). The zero-order valence-electron chi connectivity index (χ0n) is 13.7. The minimum Gasteiger partial charge on any atom is -0.497 e. The van der Waals surface area contributed by atoms with Crippen LogP contribution in [0.1, 0.15) is 46.8 Å². The predicted molar refractivity (Wildman–Crippen MR) is 91.8 cm³/mol. The third-order valence-corrected chi connectivity index (χ3v) is 4.52. The van der Waals surface area contributed by atoms with Crippen LogP contribution in [0.3, 0.4) is 0 Å². The maximum absolute atomic E-state index is 13.1. The average Bonchev–Trinajstić information content (AvgIpc) is 2.67. The molecule has 24 heavy (non-hydrogen) atoms. The Bertz CT molecular complexity index is 779. The van der Waals surface area contributed by atoms with Crippen molar-refractivity contribution >= 4 is 5.91 Å². The van der Waals surface area contributed by atoms with Gasteiger partial charge in [-0.25, -0.2) is 0 Å². The van der Waals surface area contributed by atoms with Crippen LogP contribution in [-0.4, -0.2) is 24.5 Å². The number of hydrogen-bond donors (Lipinski definition) is 0. The van der Waals surface area contributed by atoms with Gasteiger partial charge in [0.05, 0.1) is 30.3 Å². The number of ether oxygens (including phenoxy) is 1. The molecular formula is C20H20N2O2. The van der Waals surface area contributed by atoms with Crippen molar-refractivity contribution in [2.75, 3.05) is 13.7 Å². The first kappa shape index (κ1) is 16.1. The summed E-state index contributed by atoms with van der Waals surface area (Å²) in [6.07, 6.45) is 3.00. The van der Waals surface area contributed by atoms with Crippen molar-refractivity contribution in [1.29, 1.82) is 5.26 Å². The van der Waals surface area contributed by atoms with E-state index >= 15 is 0 Å². The molecule has 1 fully saturated rings. The number of rotatable bonds is 3. The Morgan fingerprint density at radius 1 is 1.21 bits per heavy atom. The first-order valence-corrected chi connectivity index (χ1v) is 8.18. The third kappa shape index (κ3) is 3.11. The Kier molecular flexibility index (Phi) is 4.81. The summed E-state index contributed by atoms with van der Waals surface area (Å²) >= 11 is 0. The van der Waals surface area contributed by atoms with Crippen molar-refractivity contribution in [2.45, 2.75) is 25.3 Å². The van der Waals surface area contributed by atoms with Crippen LogP contribution in [0.15, 0.2) is 48.5 Å². The van der Waals surface area contributed by atoms with Crippen LogP contribution >= 0.6 is 0 Å². The largest absolute Gasteiger partial charge is 0.497 e. The van der Waals surface area contributed by atoms with Crippen molar-refractivity contribution < 1.29 is 9.53 Å². The van der Waals surface area contributed by atoms with Gasteiger partial charge in [0.25, 0.3) is 5.91 Å². The zero-order valence-corrected chi connectivity index (χ0v) is 13.7. The van der Waals surface area contributed by atoms with E-state index in [-0.39, 0.29) is 11.9 Å². The third-order valence-electron chi connectivity index (χ3n) is 4.52. The van der Waals surface area contributed by atoms with Gasteiger partial charge in [-0.2, -0.15) is 5.26 Å². The quantitative estimate of drug-likeness (QED) is 0.861. The first-order chi connectivity index (χ1) is 11.7. The molecule has 2 aromatic rings. The van der Waals surface area contributed by atoms with E-state index in [0.717, 1.165) is 30.6 Å². The summed E-state index contributed by atoms with van der Waals surface area (Å²) in [5.74, 6) is 0.725. The molecule has 4 nitrogen and oxygen atoms in total. The number of amides is 1. The molecule has 0 radical (unpaired) electrons. The van der Waals surface area contributed by atoms with Gasteiger partial charge in [0.1, 0.15) is 5.75 Å². The summed E-state index contributed by atoms with van der Waals surface area (Å²) in [5, 5.41) is 9.28. The Balaban J connectivity index is 1.95. The number of methoxy groups -OCH3 is 1. The lowest BCUT2D eigenvalue weighted by atomic mass is 9.93. The van der Waals surface area contributed by atoms with Crippen LogP contribution in [0.25, 0.3) is 0 Å². The molecule has 1 amide bonds. The van der Waals surface area contributed by atoms with Crippen LogP contribution < -0.4 is 4.74 Å². The van der Waals surface area contributed by atoms with Gasteiger partial charge in [-0.3, -0.25) is 4.79 Å². The standard InChI is InChI=1S/C20H20N2O2/c1-24-17-9-6-8-15(13-17)19-11-4-5-12-22(19)20(23)18-10-3-2-7-16(18)14-21/h2-3,6-10,13,19H,4-5,11-12H2,1H3/t19-/m0/s1. The van der Waals surface area contributed by atoms with Crippen molar-refractivity contribution in [3.63, 3.8) is 0 Å². The summed E-state index contributed by atoms with van der Waals surface area (Å²) in [7, 11) is 1.64. The molecule has 4 heteroatoms. The number of hydrogen-bond acceptors (Lipinski definition) is 3. The fourth-order valence-corrected chi connectivity index (χ4v) is 3.29. The molecule has 0 N–H and O–H groups in total. The van der Waals surface area contributed by atoms with Gasteiger partial charge in [-0.15, -0.1) is 0 Å². The van der Waals surface area contributed by atoms with Gasteiger partial charge in [0.2, 0.25) is 0 Å². The van der Waals surface area contributed by atoms with E-state index in [2.05, 4.69) is 6.07 Å². The molecule has 0 aromatic heterocycles. The van der Waals surface area contributed by atoms with E-state index in [4.69, 9.17) is 4.74 Å². The Labute approximate surface area is 142 Å². The van der Waals surface area contributed by atoms with Gasteiger partial charge in [-0.1, -0.05) is 24.3 Å². The monoisotopic (exact) mass is 320 g/mol. The van der Waals surface area contributed by atoms with E-state index < -0.39 is 0 Å². The molecular weight excluding hydrogens is 300 g/mol. The molecule has 2 aromatic carbocycles. The van der Waals surface area contributed by atoms with E-state index in [0.29, 0.717) is 17.7 Å². The van der Waals surface area contributed by atoms with Gasteiger partial charge >= 0.3 is 0 Å². The fraction of sp³-hybridized carbons (Fsp3) is 0.300. The molecule has 0 unspecified atom stereocenters. The lowest BCUT2D eigenvalue weighted by Gasteiger charge is -2.36. The zero-order chi connectivity index (χ0) is 16.9. The molecule has 1 atom stereocenters. The molecule has 0 spiro atoms. The second kappa shape index (κ2) is 7.18. The highest BCUT2D eigenvalue weighted by Crippen LogP contribution is 2.33. The smallest absolute Gasteiger partial charge is 0.255 e. The summed E-state index contributed by atoms with van der Waals surface area (Å²) in [5.41, 5.74) is 1.99. The SMILES string of the molecule is COc1cccc([C@@H]2CCCCN2C(=O)c2ccccc2C#N)c1. The number of carbonyl (C=O) groups is 1. The summed E-state index contributed by atoms with van der Waals surface area (Å²) < 4.78 is 5.32. The summed E-state index contributed by atoms with van der Waals surface area (Å²) in [4.78, 5) is 15.0. The highest BCUT2D eigenvalue weighted by Gasteiger charge is 2.29. The number of carbonyl (C=O) groups excluding carboxylic acids is 1. The fourth-order valence-electron chi connectivity index (χ4n) is 3.29. The van der Waals surface area contributed by atoms with Crippen molar-refractivity contribution in [3.05, 3.63) is 65.2 Å². The molecule has 1 aliphatic heterocycles. The topological polar surface area (TPSA) is 53.3 Å². The first-order valence-electron chi connectivity index (χ1n) is 8.18. The molecule has 1 saturated heterocycles. The molecule has 0 saturated carbocycles. The van der Waals surface area contributed by atoms with E-state index in [1.807, 2.05) is 29.2 Å². The molecule has 1 aliphatic rings. The second-order valence-corrected chi connectivity index (χ2v) is 5.94. The minimum absolute atomic E-state index is 0.0214. The van der Waals surface area contributed by atoms with Crippen LogP contribution in [-0.2, 0) is 0 Å². The lowest BCUT2D eigenvalue weighted by Crippen LogP contribution is -2.38. The summed E-state index contributed by atoms with van der Waals surface area (Å²) in [6, 6.07) is 17.0. The Hall–Kier alpha value is -2.80. The van der Waals surface area contributed by atoms with Crippen LogP contribution in [0.2, 0.25) is 0 Å². The Morgan fingerprint density at radius 2 is 2.04 bits per heavy atom. The van der Waals surface area contributed by atoms with Crippen LogP contribution in [0.4, 0.5) is 0 Å². The molecule has 0 aliphatic carbocycles. The van der Waals surface area contributed by atoms with Gasteiger partial charge < -0.3 is 9.64 Å². The highest BCUT2D eigenvalue weighted by molar-refractivity contribution is 5.97. The number of likely N-dealkylation sites (tertiary alicyclic amines) is 1. The molecule has 0 bridgehead atoms. The lowest BCUT2D eigenvalue weighted by molar-refractivity contribution is 0.0611. The number of nitriles is 1. The van der Waals surface area contributed by atoms with Crippen molar-refractivity contribution in [2.24, 2.45) is 0 Å². The van der Waals surface area contributed by atoms with E-state index in [1.54, 1.807) is 31.4 Å². The highest BCUT2D eigenvalue weighted by atomic mass is 16.5. The van der Waals surface area contributed by atoms with Crippen molar-refractivity contribution in [3.8, 4) is 11.8 Å². The van der Waals surface area contributed by atoms with Gasteiger partial charge in [0.15, 0.2) is 0 Å². The second-order valence-electron chi connectivity index (χ2n) is 5.94. The molecule has 1 heterocycles. The van der Waals surface area contributed by atoms with Crippen LogP contribution in [0, 0.1) is 11.3 Å². The van der Waals surface area contributed by atoms with Crippen molar-refractivity contribution in [1.82, 2.24) is 4.90 Å². The van der Waals surface area contributed by atoms with Gasteiger partial charge in [0, 0.05) is 6.54 Å². The van der Waals surface area contributed by atoms with E-state index in [1.165, 1.54) is 0 Å². The number of benzene rings is 2. The maximum Gasteiger partial charge on any atom is 0.255 e. The molecule has 122 valence electrons.